The fourth-order valence-electron chi connectivity index (χ4n) is 2.35. The van der Waals surface area contributed by atoms with Crippen molar-refractivity contribution in [2.75, 3.05) is 0 Å². The lowest BCUT2D eigenvalue weighted by Gasteiger charge is -2.12. The molecule has 0 saturated carbocycles. The van der Waals surface area contributed by atoms with Crippen LogP contribution >= 0.6 is 15.9 Å². The van der Waals surface area contributed by atoms with Crippen molar-refractivity contribution in [1.29, 1.82) is 0 Å². The molecular weight excluding hydrogens is 374 g/mol. The fourth-order valence-corrected chi connectivity index (χ4v) is 3.01. The molecule has 0 aromatic heterocycles. The first-order chi connectivity index (χ1) is 11.4. The van der Waals surface area contributed by atoms with Gasteiger partial charge in [-0.25, -0.2) is 4.79 Å². The Bertz CT molecular complexity index is 771. The summed E-state index contributed by atoms with van der Waals surface area (Å²) in [6.45, 7) is 1.51. The van der Waals surface area contributed by atoms with Crippen molar-refractivity contribution < 1.29 is 19.5 Å². The Morgan fingerprint density at radius 2 is 1.79 bits per heavy atom. The van der Waals surface area contributed by atoms with Gasteiger partial charge in [0.05, 0.1) is 0 Å². The predicted molar refractivity (Wildman–Crippen MR) is 93.9 cm³/mol. The van der Waals surface area contributed by atoms with Crippen LogP contribution in [0.2, 0.25) is 0 Å². The van der Waals surface area contributed by atoms with Crippen LogP contribution in [0.1, 0.15) is 22.8 Å². The second-order valence-corrected chi connectivity index (χ2v) is 6.18. The van der Waals surface area contributed by atoms with E-state index in [0.29, 0.717) is 12.0 Å². The zero-order valence-electron chi connectivity index (χ0n) is 13.0. The lowest BCUT2D eigenvalue weighted by molar-refractivity contribution is -0.140. The smallest absolute Gasteiger partial charge is 0.326 e. The minimum Gasteiger partial charge on any atom is -0.480 e. The number of ketones is 1. The summed E-state index contributed by atoms with van der Waals surface area (Å²) < 4.78 is 0.734. The highest BCUT2D eigenvalue weighted by Gasteiger charge is 2.16. The van der Waals surface area contributed by atoms with Crippen LogP contribution in [0, 0.1) is 0 Å². The first-order valence-electron chi connectivity index (χ1n) is 7.24. The van der Waals surface area contributed by atoms with Crippen LogP contribution in [0.5, 0.6) is 0 Å². The fraction of sp³-hybridized carbons (Fsp3) is 0.167. The van der Waals surface area contributed by atoms with Crippen molar-refractivity contribution in [2.45, 2.75) is 19.4 Å². The number of halogens is 1. The van der Waals surface area contributed by atoms with Gasteiger partial charge in [0.25, 0.3) is 0 Å². The number of amides is 1. The first-order valence-corrected chi connectivity index (χ1v) is 8.04. The van der Waals surface area contributed by atoms with Gasteiger partial charge in [0.15, 0.2) is 5.78 Å². The Balaban J connectivity index is 2.20. The van der Waals surface area contributed by atoms with Gasteiger partial charge >= 0.3 is 5.97 Å². The summed E-state index contributed by atoms with van der Waals surface area (Å²) in [4.78, 5) is 33.0. The maximum absolute atomic E-state index is 11.5. The number of carbonyl (C=O) groups excluding carboxylic acids is 2. The quantitative estimate of drug-likeness (QED) is 0.562. The molecule has 0 fully saturated rings. The Morgan fingerprint density at radius 3 is 2.29 bits per heavy atom. The van der Waals surface area contributed by atoms with Crippen LogP contribution in [-0.4, -0.2) is 29.3 Å². The second kappa shape index (κ2) is 7.88. The molecule has 0 bridgehead atoms. The Kier molecular flexibility index (Phi) is 5.87. The number of carbonyl (C=O) groups is 3. The van der Waals surface area contributed by atoms with Crippen molar-refractivity contribution in [1.82, 2.24) is 5.32 Å². The summed E-state index contributed by atoms with van der Waals surface area (Å²) in [7, 11) is 0. The molecule has 124 valence electrons. The first kappa shape index (κ1) is 17.9. The lowest BCUT2D eigenvalue weighted by Crippen LogP contribution is -2.37. The van der Waals surface area contributed by atoms with E-state index >= 15 is 0 Å². The van der Waals surface area contributed by atoms with Crippen LogP contribution in [0.15, 0.2) is 46.9 Å². The van der Waals surface area contributed by atoms with Crippen molar-refractivity contribution in [3.05, 3.63) is 58.1 Å². The van der Waals surface area contributed by atoms with E-state index in [9.17, 15) is 14.4 Å². The molecule has 2 aromatic carbocycles. The second-order valence-electron chi connectivity index (χ2n) is 5.33. The predicted octanol–water partition coefficient (Wildman–Crippen LogP) is 3.06. The average molecular weight is 390 g/mol. The summed E-state index contributed by atoms with van der Waals surface area (Å²) >= 11 is 3.40. The third kappa shape index (κ3) is 4.29. The van der Waals surface area contributed by atoms with Gasteiger partial charge < -0.3 is 10.4 Å². The van der Waals surface area contributed by atoms with Gasteiger partial charge in [0.2, 0.25) is 6.41 Å². The molecule has 0 radical (unpaired) electrons. The molecule has 0 heterocycles. The maximum Gasteiger partial charge on any atom is 0.326 e. The van der Waals surface area contributed by atoms with E-state index in [0.717, 1.165) is 21.2 Å². The standard InChI is InChI=1S/C18H16BrNO4/c1-11(22)15-7-6-14(9-16(15)19)13-4-2-12(3-5-13)8-17(18(23)24)20-10-21/h2-7,9-10,17H,8H2,1H3,(H,20,21)(H,23,24). The molecule has 6 heteroatoms. The molecule has 0 aliphatic heterocycles. The van der Waals surface area contributed by atoms with Gasteiger partial charge in [-0.1, -0.05) is 46.3 Å². The summed E-state index contributed by atoms with van der Waals surface area (Å²) in [5.41, 5.74) is 3.32. The molecule has 0 spiro atoms. The molecule has 1 amide bonds. The highest BCUT2D eigenvalue weighted by molar-refractivity contribution is 9.10. The lowest BCUT2D eigenvalue weighted by atomic mass is 9.99. The van der Waals surface area contributed by atoms with Gasteiger partial charge in [0, 0.05) is 16.5 Å². The number of aliphatic carboxylic acids is 1. The van der Waals surface area contributed by atoms with Crippen molar-refractivity contribution in [2.24, 2.45) is 0 Å². The molecule has 2 rings (SSSR count). The third-order valence-electron chi connectivity index (χ3n) is 3.64. The average Bonchev–Trinajstić information content (AvgIpc) is 2.54. The number of rotatable bonds is 7. The van der Waals surface area contributed by atoms with Crippen molar-refractivity contribution in [3.8, 4) is 11.1 Å². The number of nitrogens with one attached hydrogen (secondary N) is 1. The summed E-state index contributed by atoms with van der Waals surface area (Å²) in [5, 5.41) is 11.3. The Hall–Kier alpha value is -2.47. The maximum atomic E-state index is 11.5. The number of hydrogen-bond acceptors (Lipinski definition) is 3. The van der Waals surface area contributed by atoms with Gasteiger partial charge in [-0.15, -0.1) is 0 Å². The largest absolute Gasteiger partial charge is 0.480 e. The monoisotopic (exact) mass is 389 g/mol. The van der Waals surface area contributed by atoms with Crippen LogP contribution < -0.4 is 5.32 Å². The molecule has 5 nitrogen and oxygen atoms in total. The van der Waals surface area contributed by atoms with Crippen LogP contribution in [-0.2, 0) is 16.0 Å². The molecule has 0 aliphatic carbocycles. The molecule has 2 N–H and O–H groups in total. The zero-order valence-corrected chi connectivity index (χ0v) is 14.5. The van der Waals surface area contributed by atoms with Crippen LogP contribution in [0.3, 0.4) is 0 Å². The summed E-state index contributed by atoms with van der Waals surface area (Å²) in [6.07, 6.45) is 0.600. The minimum atomic E-state index is -1.07. The SMILES string of the molecule is CC(=O)c1ccc(-c2ccc(CC(NC=O)C(=O)O)cc2)cc1Br. The molecule has 0 saturated heterocycles. The van der Waals surface area contributed by atoms with Gasteiger partial charge in [-0.2, -0.15) is 0 Å². The van der Waals surface area contributed by atoms with E-state index in [1.807, 2.05) is 36.4 Å². The highest BCUT2D eigenvalue weighted by Crippen LogP contribution is 2.26. The Labute approximate surface area is 147 Å². The van der Waals surface area contributed by atoms with Gasteiger partial charge in [-0.05, 0) is 35.7 Å². The third-order valence-corrected chi connectivity index (χ3v) is 4.30. The van der Waals surface area contributed by atoms with Gasteiger partial charge in [0.1, 0.15) is 6.04 Å². The molecule has 0 aliphatic rings. The number of Topliss-reactive ketones (excluding diaryl/α,β-unsaturated/α-hetero) is 1. The van der Waals surface area contributed by atoms with Gasteiger partial charge in [-0.3, -0.25) is 9.59 Å². The number of benzene rings is 2. The van der Waals surface area contributed by atoms with Crippen LogP contribution in [0.4, 0.5) is 0 Å². The topological polar surface area (TPSA) is 83.5 Å². The summed E-state index contributed by atoms with van der Waals surface area (Å²) in [6, 6.07) is 12.0. The number of hydrogen-bond donors (Lipinski definition) is 2. The molecule has 2 aromatic rings. The van der Waals surface area contributed by atoms with E-state index < -0.39 is 12.0 Å². The number of carboxylic acid groups (broad SMARTS) is 1. The minimum absolute atomic E-state index is 0.00818. The van der Waals surface area contributed by atoms with E-state index in [2.05, 4.69) is 21.2 Å². The molecule has 1 atom stereocenters. The molecule has 1 unspecified atom stereocenters. The summed E-state index contributed by atoms with van der Waals surface area (Å²) in [5.74, 6) is -1.08. The van der Waals surface area contributed by atoms with E-state index in [-0.39, 0.29) is 12.2 Å². The van der Waals surface area contributed by atoms with Crippen molar-refractivity contribution >= 4 is 34.1 Å². The molecular formula is C18H16BrNO4. The Morgan fingerprint density at radius 1 is 1.17 bits per heavy atom. The van der Waals surface area contributed by atoms with E-state index in [1.54, 1.807) is 6.07 Å². The van der Waals surface area contributed by atoms with Crippen LogP contribution in [0.25, 0.3) is 11.1 Å². The highest BCUT2D eigenvalue weighted by atomic mass is 79.9. The number of carboxylic acids is 1. The van der Waals surface area contributed by atoms with E-state index in [4.69, 9.17) is 5.11 Å². The molecule has 24 heavy (non-hydrogen) atoms. The van der Waals surface area contributed by atoms with E-state index in [1.165, 1.54) is 6.92 Å². The normalized spacial score (nSPS) is 11.6. The zero-order chi connectivity index (χ0) is 17.7. The van der Waals surface area contributed by atoms with Crippen molar-refractivity contribution in [3.63, 3.8) is 0 Å².